The van der Waals surface area contributed by atoms with Crippen LogP contribution in [0.25, 0.3) is 6.08 Å². The Kier molecular flexibility index (Phi) is 5.49. The lowest BCUT2D eigenvalue weighted by Crippen LogP contribution is -2.06. The summed E-state index contributed by atoms with van der Waals surface area (Å²) >= 11 is 0. The molecular formula is C18H16O4. The molecule has 22 heavy (non-hydrogen) atoms. The van der Waals surface area contributed by atoms with Gasteiger partial charge in [-0.05, 0) is 36.8 Å². The Morgan fingerprint density at radius 2 is 1.82 bits per heavy atom. The van der Waals surface area contributed by atoms with Crippen LogP contribution in [0.3, 0.4) is 0 Å². The van der Waals surface area contributed by atoms with Gasteiger partial charge in [0.15, 0.2) is 11.5 Å². The van der Waals surface area contributed by atoms with Crippen LogP contribution in [0.5, 0.6) is 11.5 Å². The van der Waals surface area contributed by atoms with Crippen molar-refractivity contribution in [2.75, 3.05) is 6.61 Å². The molecule has 112 valence electrons. The summed E-state index contributed by atoms with van der Waals surface area (Å²) in [6.07, 6.45) is 3.73. The Balaban J connectivity index is 2.10. The number of carbonyl (C=O) groups excluding carboxylic acids is 2. The molecule has 0 atom stereocenters. The van der Waals surface area contributed by atoms with E-state index in [4.69, 9.17) is 9.47 Å². The molecular weight excluding hydrogens is 280 g/mol. The Hall–Kier alpha value is -2.88. The number of carbonyl (C=O) groups is 2. The fourth-order valence-electron chi connectivity index (χ4n) is 1.82. The first-order valence-corrected chi connectivity index (χ1v) is 6.90. The molecule has 0 amide bonds. The molecule has 4 nitrogen and oxygen atoms in total. The van der Waals surface area contributed by atoms with Crippen molar-refractivity contribution < 1.29 is 19.1 Å². The summed E-state index contributed by atoms with van der Waals surface area (Å²) < 4.78 is 10.6. The monoisotopic (exact) mass is 296 g/mol. The summed E-state index contributed by atoms with van der Waals surface area (Å²) in [6, 6.07) is 14.1. The molecule has 0 saturated carbocycles. The van der Waals surface area contributed by atoms with Gasteiger partial charge < -0.3 is 9.47 Å². The first-order valence-electron chi connectivity index (χ1n) is 6.90. The Morgan fingerprint density at radius 1 is 1.05 bits per heavy atom. The van der Waals surface area contributed by atoms with Crippen molar-refractivity contribution in [1.82, 2.24) is 0 Å². The number of aldehydes is 1. The van der Waals surface area contributed by atoms with Crippen molar-refractivity contribution in [2.45, 2.75) is 6.92 Å². The van der Waals surface area contributed by atoms with Gasteiger partial charge in [0.1, 0.15) is 6.29 Å². The fraction of sp³-hybridized carbons (Fsp3) is 0.111. The van der Waals surface area contributed by atoms with Gasteiger partial charge in [-0.3, -0.25) is 4.79 Å². The molecule has 0 spiro atoms. The van der Waals surface area contributed by atoms with E-state index < -0.39 is 5.97 Å². The summed E-state index contributed by atoms with van der Waals surface area (Å²) in [4.78, 5) is 22.6. The fourth-order valence-corrected chi connectivity index (χ4v) is 1.82. The molecule has 0 heterocycles. The van der Waals surface area contributed by atoms with E-state index in [0.717, 1.165) is 5.56 Å². The summed E-state index contributed by atoms with van der Waals surface area (Å²) in [5.74, 6) is 0.146. The van der Waals surface area contributed by atoms with Crippen molar-refractivity contribution in [3.8, 4) is 11.5 Å². The van der Waals surface area contributed by atoms with Crippen LogP contribution >= 0.6 is 0 Å². The standard InChI is InChI=1S/C18H16O4/c1-2-21-17-12-15(13-19)8-10-16(17)22-18(20)11-9-14-6-4-3-5-7-14/h3-13H,2H2,1H3/b11-9+. The van der Waals surface area contributed by atoms with Crippen LogP contribution in [-0.2, 0) is 4.79 Å². The summed E-state index contributed by atoms with van der Waals surface area (Å²) in [6.45, 7) is 2.22. The topological polar surface area (TPSA) is 52.6 Å². The maximum absolute atomic E-state index is 11.9. The Bertz CT molecular complexity index is 675. The molecule has 0 N–H and O–H groups in total. The molecule has 0 aliphatic heterocycles. The lowest BCUT2D eigenvalue weighted by molar-refractivity contribution is -0.129. The number of hydrogen-bond acceptors (Lipinski definition) is 4. The second kappa shape index (κ2) is 7.78. The highest BCUT2D eigenvalue weighted by Gasteiger charge is 2.09. The van der Waals surface area contributed by atoms with Gasteiger partial charge in [0, 0.05) is 11.6 Å². The van der Waals surface area contributed by atoms with Gasteiger partial charge in [0.25, 0.3) is 0 Å². The van der Waals surface area contributed by atoms with Crippen LogP contribution in [0.4, 0.5) is 0 Å². The van der Waals surface area contributed by atoms with Crippen molar-refractivity contribution in [3.63, 3.8) is 0 Å². The number of esters is 1. The van der Waals surface area contributed by atoms with Crippen molar-refractivity contribution in [3.05, 3.63) is 65.7 Å². The first kappa shape index (κ1) is 15.5. The van der Waals surface area contributed by atoms with E-state index in [0.29, 0.717) is 24.2 Å². The van der Waals surface area contributed by atoms with Crippen LogP contribution < -0.4 is 9.47 Å². The van der Waals surface area contributed by atoms with E-state index in [-0.39, 0.29) is 5.75 Å². The Morgan fingerprint density at radius 3 is 2.50 bits per heavy atom. The van der Waals surface area contributed by atoms with Gasteiger partial charge in [-0.1, -0.05) is 30.3 Å². The minimum atomic E-state index is -0.511. The van der Waals surface area contributed by atoms with Crippen molar-refractivity contribution in [1.29, 1.82) is 0 Å². The van der Waals surface area contributed by atoms with E-state index in [1.807, 2.05) is 37.3 Å². The minimum Gasteiger partial charge on any atom is -0.490 e. The molecule has 0 unspecified atom stereocenters. The van der Waals surface area contributed by atoms with Gasteiger partial charge in [-0.2, -0.15) is 0 Å². The van der Waals surface area contributed by atoms with Crippen LogP contribution in [0.1, 0.15) is 22.8 Å². The van der Waals surface area contributed by atoms with Gasteiger partial charge >= 0.3 is 5.97 Å². The van der Waals surface area contributed by atoms with Crippen LogP contribution in [0.2, 0.25) is 0 Å². The van der Waals surface area contributed by atoms with Crippen LogP contribution in [0.15, 0.2) is 54.6 Å². The van der Waals surface area contributed by atoms with E-state index in [1.165, 1.54) is 6.08 Å². The summed E-state index contributed by atoms with van der Waals surface area (Å²) in [5, 5.41) is 0. The largest absolute Gasteiger partial charge is 0.490 e. The van der Waals surface area contributed by atoms with Gasteiger partial charge in [0.05, 0.1) is 6.61 Å². The molecule has 0 fully saturated rings. The highest BCUT2D eigenvalue weighted by atomic mass is 16.6. The zero-order valence-electron chi connectivity index (χ0n) is 12.2. The molecule has 2 rings (SSSR count). The third-order valence-corrected chi connectivity index (χ3v) is 2.83. The normalized spacial score (nSPS) is 10.4. The second-order valence-corrected chi connectivity index (χ2v) is 4.42. The molecule has 0 saturated heterocycles. The first-order chi connectivity index (χ1) is 10.7. The molecule has 0 aliphatic rings. The molecule has 2 aromatic carbocycles. The minimum absolute atomic E-state index is 0.287. The number of hydrogen-bond donors (Lipinski definition) is 0. The Labute approximate surface area is 129 Å². The highest BCUT2D eigenvalue weighted by molar-refractivity contribution is 5.89. The van der Waals surface area contributed by atoms with E-state index in [1.54, 1.807) is 24.3 Å². The average Bonchev–Trinajstić information content (AvgIpc) is 2.56. The van der Waals surface area contributed by atoms with Gasteiger partial charge in [-0.15, -0.1) is 0 Å². The van der Waals surface area contributed by atoms with Gasteiger partial charge in [-0.25, -0.2) is 4.79 Å². The quantitative estimate of drug-likeness (QED) is 0.354. The summed E-state index contributed by atoms with van der Waals surface area (Å²) in [7, 11) is 0. The van der Waals surface area contributed by atoms with Gasteiger partial charge in [0.2, 0.25) is 0 Å². The second-order valence-electron chi connectivity index (χ2n) is 4.42. The lowest BCUT2D eigenvalue weighted by atomic mass is 10.2. The number of benzene rings is 2. The molecule has 2 aromatic rings. The van der Waals surface area contributed by atoms with E-state index in [9.17, 15) is 9.59 Å². The number of ether oxygens (including phenoxy) is 2. The predicted octanol–water partition coefficient (Wildman–Crippen LogP) is 3.52. The predicted molar refractivity (Wildman–Crippen MR) is 84.1 cm³/mol. The molecule has 0 bridgehead atoms. The average molecular weight is 296 g/mol. The van der Waals surface area contributed by atoms with Crippen LogP contribution in [0, 0.1) is 0 Å². The third kappa shape index (κ3) is 4.31. The van der Waals surface area contributed by atoms with Crippen molar-refractivity contribution in [2.24, 2.45) is 0 Å². The van der Waals surface area contributed by atoms with Crippen molar-refractivity contribution >= 4 is 18.3 Å². The third-order valence-electron chi connectivity index (χ3n) is 2.83. The molecule has 0 aliphatic carbocycles. The van der Waals surface area contributed by atoms with E-state index >= 15 is 0 Å². The maximum Gasteiger partial charge on any atom is 0.336 e. The van der Waals surface area contributed by atoms with Crippen LogP contribution in [-0.4, -0.2) is 18.9 Å². The maximum atomic E-state index is 11.9. The molecule has 4 heteroatoms. The number of rotatable bonds is 6. The van der Waals surface area contributed by atoms with E-state index in [2.05, 4.69) is 0 Å². The highest BCUT2D eigenvalue weighted by Crippen LogP contribution is 2.28. The zero-order valence-corrected chi connectivity index (χ0v) is 12.2. The summed E-state index contributed by atoms with van der Waals surface area (Å²) in [5.41, 5.74) is 1.36. The lowest BCUT2D eigenvalue weighted by Gasteiger charge is -2.09. The SMILES string of the molecule is CCOc1cc(C=O)ccc1OC(=O)/C=C/c1ccccc1. The smallest absolute Gasteiger partial charge is 0.336 e. The molecule has 0 aromatic heterocycles. The zero-order chi connectivity index (χ0) is 15.8. The molecule has 0 radical (unpaired) electrons.